The molecule has 2 atom stereocenters. The van der Waals surface area contributed by atoms with Gasteiger partial charge in [-0.2, -0.15) is 5.26 Å². The summed E-state index contributed by atoms with van der Waals surface area (Å²) in [5.74, 6) is -0.874. The number of hydrogen-bond acceptors (Lipinski definition) is 5. The molecule has 29 heavy (non-hydrogen) atoms. The summed E-state index contributed by atoms with van der Waals surface area (Å²) >= 11 is 5.92. The minimum Gasteiger partial charge on any atom is -0.508 e. The monoisotopic (exact) mass is 413 g/mol. The van der Waals surface area contributed by atoms with E-state index in [0.717, 1.165) is 0 Å². The first-order valence-corrected chi connectivity index (χ1v) is 9.44. The molecule has 2 unspecified atom stereocenters. The van der Waals surface area contributed by atoms with Crippen molar-refractivity contribution in [2.75, 3.05) is 13.2 Å². The number of amides is 2. The van der Waals surface area contributed by atoms with Crippen LogP contribution < -0.4 is 10.6 Å². The average Bonchev–Trinajstić information content (AvgIpc) is 2.72. The summed E-state index contributed by atoms with van der Waals surface area (Å²) in [6.45, 7) is 0.361. The second kappa shape index (κ2) is 8.95. The van der Waals surface area contributed by atoms with E-state index < -0.39 is 23.4 Å². The van der Waals surface area contributed by atoms with E-state index in [9.17, 15) is 20.0 Å². The Morgan fingerprint density at radius 1 is 1.28 bits per heavy atom. The van der Waals surface area contributed by atoms with Crippen LogP contribution in [0, 0.1) is 11.3 Å². The Morgan fingerprint density at radius 3 is 2.76 bits per heavy atom. The molecule has 0 saturated carbocycles. The number of benzene rings is 2. The Morgan fingerprint density at radius 2 is 2.03 bits per heavy atom. The molecule has 7 nitrogen and oxygen atoms in total. The Balaban J connectivity index is 1.75. The minimum atomic E-state index is -1.31. The van der Waals surface area contributed by atoms with Gasteiger partial charge in [0.25, 0.3) is 5.91 Å². The quantitative estimate of drug-likeness (QED) is 0.695. The molecule has 3 N–H and O–H groups in total. The van der Waals surface area contributed by atoms with Crippen LogP contribution in [0.4, 0.5) is 0 Å². The first kappa shape index (κ1) is 20.6. The van der Waals surface area contributed by atoms with Crippen molar-refractivity contribution in [1.29, 1.82) is 5.26 Å². The number of nitrogens with zero attached hydrogens (tertiary/aromatic N) is 1. The van der Waals surface area contributed by atoms with Gasteiger partial charge in [0.05, 0.1) is 31.7 Å². The molecule has 1 aliphatic rings. The topological polar surface area (TPSA) is 111 Å². The van der Waals surface area contributed by atoms with Crippen LogP contribution in [0.1, 0.15) is 22.3 Å². The van der Waals surface area contributed by atoms with Gasteiger partial charge in [-0.25, -0.2) is 0 Å². The largest absolute Gasteiger partial charge is 0.508 e. The normalized spacial score (nSPS) is 21.0. The lowest BCUT2D eigenvalue weighted by molar-refractivity contribution is -0.123. The molecule has 1 heterocycles. The van der Waals surface area contributed by atoms with Gasteiger partial charge in [0.2, 0.25) is 5.91 Å². The van der Waals surface area contributed by atoms with Gasteiger partial charge in [-0.15, -0.1) is 0 Å². The van der Waals surface area contributed by atoms with E-state index in [-0.39, 0.29) is 31.8 Å². The molecule has 0 spiro atoms. The molecule has 3 rings (SSSR count). The Bertz CT molecular complexity index is 945. The molecule has 2 aromatic carbocycles. The lowest BCUT2D eigenvalue weighted by atomic mass is 9.86. The maximum absolute atomic E-state index is 12.6. The highest BCUT2D eigenvalue weighted by atomic mass is 35.5. The number of phenols is 1. The summed E-state index contributed by atoms with van der Waals surface area (Å²) in [4.78, 5) is 25.2. The summed E-state index contributed by atoms with van der Waals surface area (Å²) in [6.07, 6.45) is 0.104. The number of carbonyl (C=O) groups is 2. The maximum Gasteiger partial charge on any atom is 0.252 e. The third-order valence-corrected chi connectivity index (χ3v) is 5.06. The molecule has 0 radical (unpaired) electrons. The van der Waals surface area contributed by atoms with Crippen LogP contribution in [-0.2, 0) is 16.0 Å². The number of nitriles is 1. The van der Waals surface area contributed by atoms with Crippen molar-refractivity contribution in [2.24, 2.45) is 0 Å². The molecule has 150 valence electrons. The van der Waals surface area contributed by atoms with Gasteiger partial charge in [0.15, 0.2) is 5.54 Å². The molecular formula is C21H20ClN3O4. The highest BCUT2D eigenvalue weighted by Crippen LogP contribution is 2.24. The molecule has 1 fully saturated rings. The lowest BCUT2D eigenvalue weighted by Gasteiger charge is -2.39. The summed E-state index contributed by atoms with van der Waals surface area (Å²) in [5.41, 5.74) is -0.526. The fraction of sp³-hybridized carbons (Fsp3) is 0.286. The van der Waals surface area contributed by atoms with Crippen molar-refractivity contribution >= 4 is 23.4 Å². The highest BCUT2D eigenvalue weighted by Gasteiger charge is 2.44. The number of hydrogen-bond donors (Lipinski definition) is 3. The smallest absolute Gasteiger partial charge is 0.252 e. The number of ether oxygens (including phenoxy) is 1. The Kier molecular flexibility index (Phi) is 6.37. The molecule has 0 bridgehead atoms. The lowest BCUT2D eigenvalue weighted by Crippen LogP contribution is -2.65. The van der Waals surface area contributed by atoms with Gasteiger partial charge in [0, 0.05) is 22.6 Å². The number of rotatable bonds is 5. The molecule has 1 saturated heterocycles. The van der Waals surface area contributed by atoms with E-state index in [0.29, 0.717) is 16.1 Å². The van der Waals surface area contributed by atoms with Crippen molar-refractivity contribution in [1.82, 2.24) is 10.6 Å². The zero-order valence-corrected chi connectivity index (χ0v) is 16.3. The predicted octanol–water partition coefficient (Wildman–Crippen LogP) is 2.19. The van der Waals surface area contributed by atoms with Crippen molar-refractivity contribution < 1.29 is 19.4 Å². The molecule has 2 aromatic rings. The summed E-state index contributed by atoms with van der Waals surface area (Å²) < 4.78 is 5.43. The maximum atomic E-state index is 12.6. The van der Waals surface area contributed by atoms with Crippen LogP contribution in [0.25, 0.3) is 0 Å². The Labute approximate surface area is 173 Å². The summed E-state index contributed by atoms with van der Waals surface area (Å²) in [6, 6.07) is 14.4. The van der Waals surface area contributed by atoms with Crippen molar-refractivity contribution in [3.05, 3.63) is 64.7 Å². The number of nitrogens with one attached hydrogen (secondary N) is 2. The van der Waals surface area contributed by atoms with E-state index in [1.54, 1.807) is 30.3 Å². The van der Waals surface area contributed by atoms with E-state index in [4.69, 9.17) is 16.3 Å². The van der Waals surface area contributed by atoms with Gasteiger partial charge in [-0.05, 0) is 30.3 Å². The van der Waals surface area contributed by atoms with Gasteiger partial charge in [-0.3, -0.25) is 9.59 Å². The molecule has 1 aliphatic heterocycles. The molecular weight excluding hydrogens is 394 g/mol. The van der Waals surface area contributed by atoms with Gasteiger partial charge in [0.1, 0.15) is 5.75 Å². The van der Waals surface area contributed by atoms with E-state index in [1.807, 2.05) is 0 Å². The third-order valence-electron chi connectivity index (χ3n) is 4.82. The predicted molar refractivity (Wildman–Crippen MR) is 106 cm³/mol. The minimum absolute atomic E-state index is 0.0478. The van der Waals surface area contributed by atoms with Crippen LogP contribution >= 0.6 is 11.6 Å². The first-order chi connectivity index (χ1) is 13.9. The fourth-order valence-corrected chi connectivity index (χ4v) is 3.40. The first-order valence-electron chi connectivity index (χ1n) is 9.07. The van der Waals surface area contributed by atoms with Crippen LogP contribution in [0.5, 0.6) is 5.75 Å². The van der Waals surface area contributed by atoms with Crippen molar-refractivity contribution in [3.8, 4) is 11.8 Å². The number of carbonyl (C=O) groups excluding carboxylic acids is 2. The molecule has 8 heteroatoms. The Hall–Kier alpha value is -3.08. The SMILES string of the molecule is N#CC1(NC(=O)c2ccccc2)CCOCC1NC(=O)Cc1cc(Cl)ccc1O. The molecule has 0 aliphatic carbocycles. The van der Waals surface area contributed by atoms with Crippen LogP contribution in [0.15, 0.2) is 48.5 Å². The van der Waals surface area contributed by atoms with Crippen LogP contribution in [0.3, 0.4) is 0 Å². The number of phenolic OH excluding ortho intramolecular Hbond substituents is 1. The van der Waals surface area contributed by atoms with Crippen molar-refractivity contribution in [2.45, 2.75) is 24.4 Å². The number of halogens is 1. The fourth-order valence-electron chi connectivity index (χ4n) is 3.21. The second-order valence-electron chi connectivity index (χ2n) is 6.80. The standard InChI is InChI=1S/C21H20ClN3O4/c22-16-6-7-17(26)15(10-16)11-19(27)24-18-12-29-9-8-21(18,13-23)25-20(28)14-4-2-1-3-5-14/h1-7,10,18,26H,8-9,11-12H2,(H,24,27)(H,25,28). The van der Waals surface area contributed by atoms with Gasteiger partial charge >= 0.3 is 0 Å². The summed E-state index contributed by atoms with van der Waals surface area (Å²) in [7, 11) is 0. The van der Waals surface area contributed by atoms with E-state index in [2.05, 4.69) is 16.7 Å². The highest BCUT2D eigenvalue weighted by molar-refractivity contribution is 6.30. The van der Waals surface area contributed by atoms with Crippen LogP contribution in [0.2, 0.25) is 5.02 Å². The van der Waals surface area contributed by atoms with Crippen LogP contribution in [-0.4, -0.2) is 41.7 Å². The zero-order valence-electron chi connectivity index (χ0n) is 15.5. The third kappa shape index (κ3) is 4.86. The van der Waals surface area contributed by atoms with Crippen molar-refractivity contribution in [3.63, 3.8) is 0 Å². The molecule has 0 aromatic heterocycles. The second-order valence-corrected chi connectivity index (χ2v) is 7.23. The van der Waals surface area contributed by atoms with E-state index in [1.165, 1.54) is 18.2 Å². The average molecular weight is 414 g/mol. The summed E-state index contributed by atoms with van der Waals surface area (Å²) in [5, 5.41) is 25.7. The van der Waals surface area contributed by atoms with Gasteiger partial charge in [-0.1, -0.05) is 29.8 Å². The zero-order chi connectivity index (χ0) is 20.9. The molecule has 2 amide bonds. The van der Waals surface area contributed by atoms with E-state index >= 15 is 0 Å². The number of aromatic hydroxyl groups is 1. The van der Waals surface area contributed by atoms with Gasteiger partial charge < -0.3 is 20.5 Å².